The van der Waals surface area contributed by atoms with E-state index in [2.05, 4.69) is 15.3 Å². The third kappa shape index (κ3) is 6.89. The minimum absolute atomic E-state index is 0.00716. The van der Waals surface area contributed by atoms with Crippen LogP contribution in [0, 0.1) is 0 Å². The first-order valence-corrected chi connectivity index (χ1v) is 12.2. The molecule has 9 nitrogen and oxygen atoms in total. The second-order valence-corrected chi connectivity index (χ2v) is 10.9. The standard InChI is InChI=1S/C22H30N4O5S/c1-22(2,3)31-21(27)26-10-9-17-13-23-20(25-19(17)14-26)24-18-7-5-16(6-8-18)15-32(28,29)12-11-30-4/h5-8,13H,9-12,14-15H2,1-4H3,(H,23,24,25). The van der Waals surface area contributed by atoms with Crippen LogP contribution in [0.15, 0.2) is 30.5 Å². The summed E-state index contributed by atoms with van der Waals surface area (Å²) in [4.78, 5) is 23.0. The molecule has 2 heterocycles. The SMILES string of the molecule is COCCS(=O)(=O)Cc1ccc(Nc2ncc3c(n2)CN(C(=O)OC(C)(C)C)CC3)cc1. The van der Waals surface area contributed by atoms with E-state index in [1.807, 2.05) is 20.8 Å². The largest absolute Gasteiger partial charge is 0.444 e. The Balaban J connectivity index is 1.64. The summed E-state index contributed by atoms with van der Waals surface area (Å²) >= 11 is 0. The van der Waals surface area contributed by atoms with Crippen molar-refractivity contribution in [2.24, 2.45) is 0 Å². The van der Waals surface area contributed by atoms with Crippen molar-refractivity contribution >= 4 is 27.6 Å². The average molecular weight is 463 g/mol. The van der Waals surface area contributed by atoms with Gasteiger partial charge in [-0.05, 0) is 50.5 Å². The Morgan fingerprint density at radius 1 is 1.22 bits per heavy atom. The number of sulfone groups is 1. The number of ether oxygens (including phenoxy) is 2. The van der Waals surface area contributed by atoms with Crippen LogP contribution < -0.4 is 5.32 Å². The number of carbonyl (C=O) groups is 1. The van der Waals surface area contributed by atoms with Crippen molar-refractivity contribution in [1.82, 2.24) is 14.9 Å². The van der Waals surface area contributed by atoms with Gasteiger partial charge in [-0.3, -0.25) is 0 Å². The second kappa shape index (κ2) is 9.83. The summed E-state index contributed by atoms with van der Waals surface area (Å²) < 4.78 is 34.5. The molecule has 3 rings (SSSR count). The van der Waals surface area contributed by atoms with E-state index in [0.717, 1.165) is 16.9 Å². The molecule has 0 saturated carbocycles. The van der Waals surface area contributed by atoms with E-state index in [1.54, 1.807) is 35.4 Å². The van der Waals surface area contributed by atoms with E-state index in [0.29, 0.717) is 31.0 Å². The molecule has 0 fully saturated rings. The van der Waals surface area contributed by atoms with E-state index in [1.165, 1.54) is 7.11 Å². The molecule has 0 saturated heterocycles. The highest BCUT2D eigenvalue weighted by atomic mass is 32.2. The highest BCUT2D eigenvalue weighted by Gasteiger charge is 2.26. The zero-order chi connectivity index (χ0) is 23.4. The predicted molar refractivity (Wildman–Crippen MR) is 121 cm³/mol. The Bertz CT molecular complexity index is 1050. The molecule has 0 aliphatic carbocycles. The molecule has 32 heavy (non-hydrogen) atoms. The van der Waals surface area contributed by atoms with Gasteiger partial charge < -0.3 is 19.7 Å². The van der Waals surface area contributed by atoms with Crippen molar-refractivity contribution in [3.8, 4) is 0 Å². The van der Waals surface area contributed by atoms with Crippen LogP contribution in [0.3, 0.4) is 0 Å². The lowest BCUT2D eigenvalue weighted by molar-refractivity contribution is 0.0220. The van der Waals surface area contributed by atoms with Gasteiger partial charge in [-0.15, -0.1) is 0 Å². The summed E-state index contributed by atoms with van der Waals surface area (Å²) in [6, 6.07) is 7.10. The molecule has 174 valence electrons. The first-order valence-electron chi connectivity index (χ1n) is 10.4. The minimum Gasteiger partial charge on any atom is -0.444 e. The van der Waals surface area contributed by atoms with Gasteiger partial charge in [0.1, 0.15) is 5.60 Å². The normalized spacial score (nSPS) is 14.1. The van der Waals surface area contributed by atoms with Crippen LogP contribution in [-0.4, -0.2) is 61.0 Å². The van der Waals surface area contributed by atoms with Gasteiger partial charge >= 0.3 is 6.09 Å². The van der Waals surface area contributed by atoms with Crippen molar-refractivity contribution in [3.63, 3.8) is 0 Å². The fourth-order valence-corrected chi connectivity index (χ4v) is 4.46. The summed E-state index contributed by atoms with van der Waals surface area (Å²) in [5, 5.41) is 3.13. The number of fused-ring (bicyclic) bond motifs is 1. The van der Waals surface area contributed by atoms with Gasteiger partial charge in [0.05, 0.1) is 30.4 Å². The zero-order valence-electron chi connectivity index (χ0n) is 18.9. The number of hydrogen-bond acceptors (Lipinski definition) is 8. The van der Waals surface area contributed by atoms with Gasteiger partial charge in [-0.1, -0.05) is 12.1 Å². The minimum atomic E-state index is -3.22. The molecular weight excluding hydrogens is 432 g/mol. The Kier molecular flexibility index (Phi) is 7.35. The summed E-state index contributed by atoms with van der Waals surface area (Å²) in [7, 11) is -1.74. The Hall–Kier alpha value is -2.72. The first kappa shape index (κ1) is 23.9. The van der Waals surface area contributed by atoms with Gasteiger partial charge in [-0.25, -0.2) is 23.2 Å². The number of amides is 1. The molecule has 1 N–H and O–H groups in total. The molecular formula is C22H30N4O5S. The topological polar surface area (TPSA) is 111 Å². The van der Waals surface area contributed by atoms with Crippen molar-refractivity contribution < 1.29 is 22.7 Å². The first-order chi connectivity index (χ1) is 15.0. The molecule has 0 bridgehead atoms. The van der Waals surface area contributed by atoms with Crippen LogP contribution in [-0.2, 0) is 38.0 Å². The molecule has 1 amide bonds. The third-order valence-corrected chi connectivity index (χ3v) is 6.35. The maximum Gasteiger partial charge on any atom is 0.410 e. The van der Waals surface area contributed by atoms with Crippen LogP contribution >= 0.6 is 0 Å². The Labute approximate surface area is 189 Å². The summed E-state index contributed by atoms with van der Waals surface area (Å²) in [5.41, 5.74) is 2.67. The van der Waals surface area contributed by atoms with E-state index in [9.17, 15) is 13.2 Å². The highest BCUT2D eigenvalue weighted by Crippen LogP contribution is 2.22. The van der Waals surface area contributed by atoms with Crippen LogP contribution in [0.4, 0.5) is 16.4 Å². The average Bonchev–Trinajstić information content (AvgIpc) is 2.72. The summed E-state index contributed by atoms with van der Waals surface area (Å²) in [5.74, 6) is 0.370. The lowest BCUT2D eigenvalue weighted by Crippen LogP contribution is -2.40. The second-order valence-electron chi connectivity index (χ2n) is 8.72. The molecule has 1 aromatic heterocycles. The van der Waals surface area contributed by atoms with Crippen LogP contribution in [0.2, 0.25) is 0 Å². The number of methoxy groups -OCH3 is 1. The number of benzene rings is 1. The molecule has 0 atom stereocenters. The lowest BCUT2D eigenvalue weighted by Gasteiger charge is -2.30. The van der Waals surface area contributed by atoms with E-state index in [4.69, 9.17) is 9.47 Å². The predicted octanol–water partition coefficient (Wildman–Crippen LogP) is 3.07. The van der Waals surface area contributed by atoms with Gasteiger partial charge in [-0.2, -0.15) is 0 Å². The monoisotopic (exact) mass is 462 g/mol. The van der Waals surface area contributed by atoms with Crippen LogP contribution in [0.25, 0.3) is 0 Å². The van der Waals surface area contributed by atoms with Crippen molar-refractivity contribution in [2.75, 3.05) is 31.3 Å². The maximum atomic E-state index is 12.4. The Morgan fingerprint density at radius 3 is 2.59 bits per heavy atom. The summed E-state index contributed by atoms with van der Waals surface area (Å²) in [6.45, 7) is 6.63. The number of hydrogen-bond donors (Lipinski definition) is 1. The maximum absolute atomic E-state index is 12.4. The number of nitrogens with one attached hydrogen (secondary N) is 1. The molecule has 2 aromatic rings. The summed E-state index contributed by atoms with van der Waals surface area (Å²) in [6.07, 6.45) is 2.09. The molecule has 0 spiro atoms. The third-order valence-electron chi connectivity index (χ3n) is 4.79. The zero-order valence-corrected chi connectivity index (χ0v) is 19.7. The smallest absolute Gasteiger partial charge is 0.410 e. The van der Waals surface area contributed by atoms with Crippen molar-refractivity contribution in [3.05, 3.63) is 47.3 Å². The molecule has 1 aliphatic rings. The Morgan fingerprint density at radius 2 is 1.94 bits per heavy atom. The van der Waals surface area contributed by atoms with Gasteiger partial charge in [0.2, 0.25) is 5.95 Å². The van der Waals surface area contributed by atoms with Crippen LogP contribution in [0.5, 0.6) is 0 Å². The fraction of sp³-hybridized carbons (Fsp3) is 0.500. The number of rotatable bonds is 7. The van der Waals surface area contributed by atoms with E-state index >= 15 is 0 Å². The quantitative estimate of drug-likeness (QED) is 0.668. The lowest BCUT2D eigenvalue weighted by atomic mass is 10.1. The number of carbonyl (C=O) groups excluding carboxylic acids is 1. The number of nitrogens with zero attached hydrogens (tertiary/aromatic N) is 3. The molecule has 1 aromatic carbocycles. The number of aromatic nitrogens is 2. The van der Waals surface area contributed by atoms with E-state index < -0.39 is 15.4 Å². The number of anilines is 2. The van der Waals surface area contributed by atoms with Gasteiger partial charge in [0.25, 0.3) is 0 Å². The molecule has 0 unspecified atom stereocenters. The molecule has 10 heteroatoms. The van der Waals surface area contributed by atoms with Gasteiger partial charge in [0.15, 0.2) is 9.84 Å². The molecule has 0 radical (unpaired) electrons. The molecule has 1 aliphatic heterocycles. The van der Waals surface area contributed by atoms with E-state index in [-0.39, 0.29) is 24.2 Å². The highest BCUT2D eigenvalue weighted by molar-refractivity contribution is 7.90. The van der Waals surface area contributed by atoms with Crippen LogP contribution in [0.1, 0.15) is 37.6 Å². The van der Waals surface area contributed by atoms with Gasteiger partial charge in [0, 0.05) is 25.5 Å². The fourth-order valence-electron chi connectivity index (χ4n) is 3.20. The van der Waals surface area contributed by atoms with Crippen molar-refractivity contribution in [1.29, 1.82) is 0 Å². The van der Waals surface area contributed by atoms with Crippen molar-refractivity contribution in [2.45, 2.75) is 45.1 Å².